The first-order valence-electron chi connectivity index (χ1n) is 8.47. The number of hydrogen-bond donors (Lipinski definition) is 0. The third kappa shape index (κ3) is 3.17. The minimum atomic E-state index is -0.156. The number of fused-ring (bicyclic) bond motifs is 1. The van der Waals surface area contributed by atoms with Crippen LogP contribution in [-0.4, -0.2) is 24.3 Å². The standard InChI is InChI=1S/C18H19N5O2/c1-13-6-8-14(9-7-13)25-17-19-11-10-15(20-17)23-18(24)22-12-4-2-3-5-16(22)21-23/h6-11H,2-5,12H2,1H3. The van der Waals surface area contributed by atoms with Crippen LogP contribution in [0.5, 0.6) is 11.8 Å². The summed E-state index contributed by atoms with van der Waals surface area (Å²) in [6.07, 6.45) is 5.58. The molecule has 0 saturated heterocycles. The molecule has 0 spiro atoms. The van der Waals surface area contributed by atoms with E-state index in [2.05, 4.69) is 15.1 Å². The Labute approximate surface area is 144 Å². The van der Waals surface area contributed by atoms with Gasteiger partial charge in [0, 0.05) is 25.2 Å². The molecule has 0 unspecified atom stereocenters. The summed E-state index contributed by atoms with van der Waals surface area (Å²) in [7, 11) is 0. The molecule has 4 rings (SSSR count). The third-order valence-corrected chi connectivity index (χ3v) is 4.29. The van der Waals surface area contributed by atoms with Crippen molar-refractivity contribution in [3.63, 3.8) is 0 Å². The molecule has 0 saturated carbocycles. The minimum Gasteiger partial charge on any atom is -0.424 e. The topological polar surface area (TPSA) is 74.8 Å². The first-order chi connectivity index (χ1) is 12.2. The largest absolute Gasteiger partial charge is 0.424 e. The van der Waals surface area contributed by atoms with Gasteiger partial charge in [0.15, 0.2) is 5.82 Å². The zero-order chi connectivity index (χ0) is 17.2. The highest BCUT2D eigenvalue weighted by molar-refractivity contribution is 5.29. The summed E-state index contributed by atoms with van der Waals surface area (Å²) in [5, 5.41) is 4.46. The molecule has 0 amide bonds. The monoisotopic (exact) mass is 337 g/mol. The van der Waals surface area contributed by atoms with Gasteiger partial charge in [-0.15, -0.1) is 5.10 Å². The van der Waals surface area contributed by atoms with Gasteiger partial charge in [-0.1, -0.05) is 24.1 Å². The van der Waals surface area contributed by atoms with Crippen LogP contribution in [0.2, 0.25) is 0 Å². The van der Waals surface area contributed by atoms with Crippen molar-refractivity contribution in [1.82, 2.24) is 24.3 Å². The van der Waals surface area contributed by atoms with Gasteiger partial charge in [0.2, 0.25) is 0 Å². The van der Waals surface area contributed by atoms with Crippen LogP contribution in [0.15, 0.2) is 41.3 Å². The van der Waals surface area contributed by atoms with E-state index in [4.69, 9.17) is 4.74 Å². The maximum absolute atomic E-state index is 12.6. The number of ether oxygens (including phenoxy) is 1. The molecule has 7 heteroatoms. The van der Waals surface area contributed by atoms with Gasteiger partial charge >= 0.3 is 11.7 Å². The Kier molecular flexibility index (Phi) is 4.05. The number of hydrogen-bond acceptors (Lipinski definition) is 5. The van der Waals surface area contributed by atoms with Crippen molar-refractivity contribution in [3.8, 4) is 17.6 Å². The predicted octanol–water partition coefficient (Wildman–Crippen LogP) is 2.65. The van der Waals surface area contributed by atoms with Gasteiger partial charge < -0.3 is 4.74 Å². The van der Waals surface area contributed by atoms with Gasteiger partial charge in [-0.25, -0.2) is 9.78 Å². The van der Waals surface area contributed by atoms with Gasteiger partial charge in [0.1, 0.15) is 11.6 Å². The molecule has 0 bridgehead atoms. The minimum absolute atomic E-state index is 0.156. The molecule has 25 heavy (non-hydrogen) atoms. The Hall–Kier alpha value is -2.96. The number of benzene rings is 1. The quantitative estimate of drug-likeness (QED) is 0.734. The zero-order valence-electron chi connectivity index (χ0n) is 14.1. The summed E-state index contributed by atoms with van der Waals surface area (Å²) < 4.78 is 8.77. The van der Waals surface area contributed by atoms with Gasteiger partial charge in [0.05, 0.1) is 0 Å². The Balaban J connectivity index is 1.66. The van der Waals surface area contributed by atoms with E-state index in [0.717, 1.165) is 37.1 Å². The van der Waals surface area contributed by atoms with E-state index in [0.29, 0.717) is 18.1 Å². The number of rotatable bonds is 3. The first kappa shape index (κ1) is 15.6. The molecule has 0 aliphatic carbocycles. The molecule has 0 atom stereocenters. The molecule has 0 fully saturated rings. The Morgan fingerprint density at radius 1 is 1.08 bits per heavy atom. The average Bonchev–Trinajstić information content (AvgIpc) is 2.80. The molecule has 3 heterocycles. The van der Waals surface area contributed by atoms with Crippen LogP contribution in [0.3, 0.4) is 0 Å². The summed E-state index contributed by atoms with van der Waals surface area (Å²) in [5.74, 6) is 1.89. The fourth-order valence-corrected chi connectivity index (χ4v) is 2.94. The highest BCUT2D eigenvalue weighted by Gasteiger charge is 2.17. The molecule has 3 aromatic rings. The predicted molar refractivity (Wildman–Crippen MR) is 92.2 cm³/mol. The second-order valence-electron chi connectivity index (χ2n) is 6.19. The normalized spacial score (nSPS) is 14.0. The zero-order valence-corrected chi connectivity index (χ0v) is 14.1. The van der Waals surface area contributed by atoms with Crippen molar-refractivity contribution in [3.05, 3.63) is 58.4 Å². The van der Waals surface area contributed by atoms with E-state index >= 15 is 0 Å². The Morgan fingerprint density at radius 3 is 2.76 bits per heavy atom. The number of aryl methyl sites for hydroxylation is 2. The molecule has 128 valence electrons. The first-order valence-corrected chi connectivity index (χ1v) is 8.47. The molecule has 0 N–H and O–H groups in total. The van der Waals surface area contributed by atoms with Crippen molar-refractivity contribution in [2.45, 2.75) is 39.2 Å². The maximum atomic E-state index is 12.6. The molecule has 1 aliphatic rings. The highest BCUT2D eigenvalue weighted by Crippen LogP contribution is 2.19. The third-order valence-electron chi connectivity index (χ3n) is 4.29. The highest BCUT2D eigenvalue weighted by atomic mass is 16.5. The van der Waals surface area contributed by atoms with E-state index in [1.165, 1.54) is 4.68 Å². The van der Waals surface area contributed by atoms with Gasteiger partial charge in [0.25, 0.3) is 0 Å². The van der Waals surface area contributed by atoms with E-state index in [1.807, 2.05) is 31.2 Å². The van der Waals surface area contributed by atoms with Crippen LogP contribution in [0, 0.1) is 6.92 Å². The molecule has 1 aromatic carbocycles. The number of nitrogens with zero attached hydrogens (tertiary/aromatic N) is 5. The molecule has 7 nitrogen and oxygen atoms in total. The lowest BCUT2D eigenvalue weighted by Gasteiger charge is -2.05. The summed E-state index contributed by atoms with van der Waals surface area (Å²) >= 11 is 0. The van der Waals surface area contributed by atoms with Crippen molar-refractivity contribution in [1.29, 1.82) is 0 Å². The lowest BCUT2D eigenvalue weighted by molar-refractivity contribution is 0.439. The molecular formula is C18H19N5O2. The van der Waals surface area contributed by atoms with Crippen molar-refractivity contribution < 1.29 is 4.74 Å². The van der Waals surface area contributed by atoms with Crippen LogP contribution in [0.4, 0.5) is 0 Å². The van der Waals surface area contributed by atoms with Crippen molar-refractivity contribution in [2.75, 3.05) is 0 Å². The SMILES string of the molecule is Cc1ccc(Oc2nccc(-n3nc4n(c3=O)CCCCC4)n2)cc1. The van der Waals surface area contributed by atoms with Gasteiger partial charge in [-0.2, -0.15) is 9.67 Å². The van der Waals surface area contributed by atoms with E-state index in [-0.39, 0.29) is 11.7 Å². The maximum Gasteiger partial charge on any atom is 0.352 e. The summed E-state index contributed by atoms with van der Waals surface area (Å²) in [4.78, 5) is 21.1. The van der Waals surface area contributed by atoms with Gasteiger partial charge in [-0.3, -0.25) is 4.57 Å². The fraction of sp³-hybridized carbons (Fsp3) is 0.333. The fourth-order valence-electron chi connectivity index (χ4n) is 2.94. The summed E-state index contributed by atoms with van der Waals surface area (Å²) in [5.41, 5.74) is 0.991. The average molecular weight is 337 g/mol. The molecular weight excluding hydrogens is 318 g/mol. The van der Waals surface area contributed by atoms with E-state index in [9.17, 15) is 4.79 Å². The summed E-state index contributed by atoms with van der Waals surface area (Å²) in [6, 6.07) is 9.48. The van der Waals surface area contributed by atoms with E-state index in [1.54, 1.807) is 16.8 Å². The van der Waals surface area contributed by atoms with Gasteiger partial charge in [-0.05, 0) is 31.9 Å². The second kappa shape index (κ2) is 6.51. The van der Waals surface area contributed by atoms with Crippen LogP contribution in [-0.2, 0) is 13.0 Å². The van der Waals surface area contributed by atoms with Crippen molar-refractivity contribution >= 4 is 0 Å². The second-order valence-corrected chi connectivity index (χ2v) is 6.19. The van der Waals surface area contributed by atoms with E-state index < -0.39 is 0 Å². The number of aromatic nitrogens is 5. The van der Waals surface area contributed by atoms with Crippen LogP contribution >= 0.6 is 0 Å². The molecule has 1 aliphatic heterocycles. The van der Waals surface area contributed by atoms with Crippen LogP contribution < -0.4 is 10.4 Å². The molecule has 2 aromatic heterocycles. The Morgan fingerprint density at radius 2 is 1.92 bits per heavy atom. The smallest absolute Gasteiger partial charge is 0.352 e. The van der Waals surface area contributed by atoms with Crippen LogP contribution in [0.1, 0.15) is 30.7 Å². The van der Waals surface area contributed by atoms with Crippen molar-refractivity contribution in [2.24, 2.45) is 0 Å². The Bertz CT molecular complexity index is 943. The lowest BCUT2D eigenvalue weighted by atomic mass is 10.2. The molecule has 0 radical (unpaired) electrons. The summed E-state index contributed by atoms with van der Waals surface area (Å²) in [6.45, 7) is 2.72. The van der Waals surface area contributed by atoms with Crippen LogP contribution in [0.25, 0.3) is 5.82 Å². The lowest BCUT2D eigenvalue weighted by Crippen LogP contribution is -2.24.